The lowest BCUT2D eigenvalue weighted by molar-refractivity contribution is 1.11. The molecule has 0 saturated heterocycles. The summed E-state index contributed by atoms with van der Waals surface area (Å²) in [6, 6.07) is 5.84. The highest BCUT2D eigenvalue weighted by atomic mass is 35.5. The number of nitrogens with zero attached hydrogens (tertiary/aromatic N) is 1. The van der Waals surface area contributed by atoms with E-state index in [1.807, 2.05) is 32.0 Å². The Bertz CT molecular complexity index is 409. The van der Waals surface area contributed by atoms with E-state index in [0.29, 0.717) is 0 Å². The summed E-state index contributed by atoms with van der Waals surface area (Å²) in [6.45, 7) is 6.11. The van der Waals surface area contributed by atoms with E-state index in [9.17, 15) is 0 Å². The number of fused-ring (bicyclic) bond motifs is 1. The molecule has 0 aliphatic carbocycles. The third kappa shape index (κ3) is 2.46. The molecule has 1 heterocycles. The van der Waals surface area contributed by atoms with Gasteiger partial charge in [-0.25, -0.2) is 4.98 Å². The van der Waals surface area contributed by atoms with Crippen molar-refractivity contribution >= 4 is 33.2 Å². The summed E-state index contributed by atoms with van der Waals surface area (Å²) in [5, 5.41) is 1.93. The lowest BCUT2D eigenvalue weighted by Gasteiger charge is -1.86. The van der Waals surface area contributed by atoms with Gasteiger partial charge in [-0.2, -0.15) is 0 Å². The largest absolute Gasteiger partial charge is 0.241 e. The number of halogens is 1. The van der Waals surface area contributed by atoms with Gasteiger partial charge in [0.15, 0.2) is 0 Å². The SMILES string of the molecule is CC.CCc1nc2cc(Cl)ccc2s1. The number of thiazole rings is 1. The zero-order valence-corrected chi connectivity index (χ0v) is 10.2. The van der Waals surface area contributed by atoms with Crippen LogP contribution in [0.3, 0.4) is 0 Å². The van der Waals surface area contributed by atoms with Gasteiger partial charge in [0.05, 0.1) is 15.2 Å². The molecule has 0 atom stereocenters. The fourth-order valence-electron chi connectivity index (χ4n) is 1.10. The van der Waals surface area contributed by atoms with Crippen LogP contribution in [-0.2, 0) is 6.42 Å². The van der Waals surface area contributed by atoms with Gasteiger partial charge in [0.1, 0.15) is 0 Å². The highest BCUT2D eigenvalue weighted by molar-refractivity contribution is 7.18. The molecule has 2 rings (SSSR count). The predicted octanol–water partition coefficient (Wildman–Crippen LogP) is 4.54. The molecular formula is C11H14ClNS. The van der Waals surface area contributed by atoms with Crippen molar-refractivity contribution in [2.24, 2.45) is 0 Å². The van der Waals surface area contributed by atoms with Crippen molar-refractivity contribution in [2.75, 3.05) is 0 Å². The first-order chi connectivity index (χ1) is 6.79. The molecule has 1 nitrogen and oxygen atoms in total. The number of hydrogen-bond acceptors (Lipinski definition) is 2. The Morgan fingerprint density at radius 1 is 1.36 bits per heavy atom. The zero-order chi connectivity index (χ0) is 10.6. The molecule has 76 valence electrons. The number of rotatable bonds is 1. The van der Waals surface area contributed by atoms with Gasteiger partial charge >= 0.3 is 0 Å². The maximum Gasteiger partial charge on any atom is 0.0935 e. The van der Waals surface area contributed by atoms with Crippen molar-refractivity contribution in [3.05, 3.63) is 28.2 Å². The van der Waals surface area contributed by atoms with Crippen LogP contribution in [0, 0.1) is 0 Å². The summed E-state index contributed by atoms with van der Waals surface area (Å²) in [4.78, 5) is 4.43. The summed E-state index contributed by atoms with van der Waals surface area (Å²) < 4.78 is 1.22. The van der Waals surface area contributed by atoms with E-state index in [1.54, 1.807) is 11.3 Å². The molecule has 1 aromatic heterocycles. The number of aromatic nitrogens is 1. The summed E-state index contributed by atoms with van der Waals surface area (Å²) in [6.07, 6.45) is 0.997. The van der Waals surface area contributed by atoms with Gasteiger partial charge in [0, 0.05) is 5.02 Å². The van der Waals surface area contributed by atoms with E-state index in [-0.39, 0.29) is 0 Å². The molecule has 2 aromatic rings. The van der Waals surface area contributed by atoms with Crippen LogP contribution in [-0.4, -0.2) is 4.98 Å². The van der Waals surface area contributed by atoms with Crippen molar-refractivity contribution in [1.29, 1.82) is 0 Å². The van der Waals surface area contributed by atoms with Crippen LogP contribution in [0.4, 0.5) is 0 Å². The summed E-state index contributed by atoms with van der Waals surface area (Å²) in [5.41, 5.74) is 1.02. The van der Waals surface area contributed by atoms with E-state index in [4.69, 9.17) is 11.6 Å². The number of hydrogen-bond donors (Lipinski definition) is 0. The highest BCUT2D eigenvalue weighted by Gasteiger charge is 2.01. The Balaban J connectivity index is 0.000000461. The number of aryl methyl sites for hydroxylation is 1. The molecule has 0 saturated carbocycles. The Hall–Kier alpha value is -0.600. The third-order valence-electron chi connectivity index (χ3n) is 1.70. The van der Waals surface area contributed by atoms with Crippen LogP contribution in [0.1, 0.15) is 25.8 Å². The fraction of sp³-hybridized carbons (Fsp3) is 0.364. The summed E-state index contributed by atoms with van der Waals surface area (Å²) in [5.74, 6) is 0. The molecule has 3 heteroatoms. The summed E-state index contributed by atoms with van der Waals surface area (Å²) >= 11 is 7.57. The first-order valence-corrected chi connectivity index (χ1v) is 6.04. The topological polar surface area (TPSA) is 12.9 Å². The van der Waals surface area contributed by atoms with E-state index >= 15 is 0 Å². The van der Waals surface area contributed by atoms with Crippen LogP contribution in [0.25, 0.3) is 10.2 Å². The third-order valence-corrected chi connectivity index (χ3v) is 3.11. The van der Waals surface area contributed by atoms with Crippen molar-refractivity contribution < 1.29 is 0 Å². The first kappa shape index (κ1) is 11.5. The molecule has 0 fully saturated rings. The van der Waals surface area contributed by atoms with E-state index < -0.39 is 0 Å². The van der Waals surface area contributed by atoms with Gasteiger partial charge in [0.2, 0.25) is 0 Å². The second kappa shape index (κ2) is 5.32. The highest BCUT2D eigenvalue weighted by Crippen LogP contribution is 2.24. The normalized spacial score (nSPS) is 9.71. The maximum atomic E-state index is 5.84. The van der Waals surface area contributed by atoms with E-state index in [2.05, 4.69) is 11.9 Å². The van der Waals surface area contributed by atoms with Gasteiger partial charge in [-0.3, -0.25) is 0 Å². The Labute approximate surface area is 93.7 Å². The molecule has 14 heavy (non-hydrogen) atoms. The molecule has 0 radical (unpaired) electrons. The molecule has 0 spiro atoms. The van der Waals surface area contributed by atoms with Gasteiger partial charge in [-0.05, 0) is 24.6 Å². The van der Waals surface area contributed by atoms with Crippen LogP contribution in [0.5, 0.6) is 0 Å². The van der Waals surface area contributed by atoms with Gasteiger partial charge in [-0.15, -0.1) is 11.3 Å². The van der Waals surface area contributed by atoms with Crippen LogP contribution in [0.15, 0.2) is 18.2 Å². The second-order valence-electron chi connectivity index (χ2n) is 2.57. The summed E-state index contributed by atoms with van der Waals surface area (Å²) in [7, 11) is 0. The van der Waals surface area contributed by atoms with Crippen LogP contribution < -0.4 is 0 Å². The Kier molecular flexibility index (Phi) is 4.36. The van der Waals surface area contributed by atoms with Crippen LogP contribution in [0.2, 0.25) is 5.02 Å². The minimum absolute atomic E-state index is 0.760. The first-order valence-electron chi connectivity index (χ1n) is 4.84. The maximum absolute atomic E-state index is 5.84. The molecule has 0 aliphatic rings. The van der Waals surface area contributed by atoms with Crippen molar-refractivity contribution in [3.63, 3.8) is 0 Å². The van der Waals surface area contributed by atoms with Gasteiger partial charge < -0.3 is 0 Å². The fourth-order valence-corrected chi connectivity index (χ4v) is 2.15. The standard InChI is InChI=1S/C9H8ClNS.C2H6/c1-2-9-11-7-5-6(10)3-4-8(7)12-9;1-2/h3-5H,2H2,1H3;1-2H3. The van der Waals surface area contributed by atoms with Gasteiger partial charge in [-0.1, -0.05) is 32.4 Å². The minimum atomic E-state index is 0.760. The molecule has 0 N–H and O–H groups in total. The van der Waals surface area contributed by atoms with Gasteiger partial charge in [0.25, 0.3) is 0 Å². The molecule has 0 unspecified atom stereocenters. The monoisotopic (exact) mass is 227 g/mol. The predicted molar refractivity (Wildman–Crippen MR) is 65.4 cm³/mol. The average molecular weight is 228 g/mol. The molecule has 0 bridgehead atoms. The van der Waals surface area contributed by atoms with Crippen LogP contribution >= 0.6 is 22.9 Å². The molecule has 0 aliphatic heterocycles. The van der Waals surface area contributed by atoms with E-state index in [1.165, 1.54) is 9.71 Å². The lowest BCUT2D eigenvalue weighted by atomic mass is 10.3. The molecule has 0 amide bonds. The van der Waals surface area contributed by atoms with E-state index in [0.717, 1.165) is 17.0 Å². The molecule has 1 aromatic carbocycles. The second-order valence-corrected chi connectivity index (χ2v) is 4.12. The number of benzene rings is 1. The lowest BCUT2D eigenvalue weighted by Crippen LogP contribution is -1.73. The van der Waals surface area contributed by atoms with Crippen molar-refractivity contribution in [1.82, 2.24) is 4.98 Å². The molecular weight excluding hydrogens is 214 g/mol. The minimum Gasteiger partial charge on any atom is -0.241 e. The Morgan fingerprint density at radius 2 is 2.07 bits per heavy atom. The Morgan fingerprint density at radius 3 is 2.71 bits per heavy atom. The smallest absolute Gasteiger partial charge is 0.0935 e. The van der Waals surface area contributed by atoms with Crippen molar-refractivity contribution in [3.8, 4) is 0 Å². The zero-order valence-electron chi connectivity index (χ0n) is 8.67. The average Bonchev–Trinajstić information content (AvgIpc) is 2.62. The quantitative estimate of drug-likeness (QED) is 0.697. The van der Waals surface area contributed by atoms with Crippen molar-refractivity contribution in [2.45, 2.75) is 27.2 Å².